The van der Waals surface area contributed by atoms with Crippen molar-refractivity contribution >= 4 is 11.3 Å². The van der Waals surface area contributed by atoms with Gasteiger partial charge in [0.1, 0.15) is 22.3 Å². The molecule has 0 N–H and O–H groups in total. The predicted octanol–water partition coefficient (Wildman–Crippen LogP) is 5.22. The Hall–Kier alpha value is -2.88. The molecule has 0 atom stereocenters. The van der Waals surface area contributed by atoms with Crippen LogP contribution in [0.3, 0.4) is 0 Å². The average Bonchev–Trinajstić information content (AvgIpc) is 3.26. The van der Waals surface area contributed by atoms with Gasteiger partial charge in [-0.15, -0.1) is 11.3 Å². The summed E-state index contributed by atoms with van der Waals surface area (Å²) in [6.45, 7) is 2.36. The summed E-state index contributed by atoms with van der Waals surface area (Å²) in [6.07, 6.45) is 3.29. The third kappa shape index (κ3) is 6.08. The molecule has 0 radical (unpaired) electrons. The summed E-state index contributed by atoms with van der Waals surface area (Å²) >= 11 is 1.62. The molecule has 3 aromatic rings. The minimum atomic E-state index is 0.562. The lowest BCUT2D eigenvalue weighted by Gasteiger charge is -2.14. The van der Waals surface area contributed by atoms with Gasteiger partial charge in [0.2, 0.25) is 0 Å². The number of benzene rings is 2. The smallest absolute Gasteiger partial charge is 0.127 e. The number of aromatic nitrogens is 1. The van der Waals surface area contributed by atoms with E-state index >= 15 is 0 Å². The SMILES string of the molecule is CN(CCC#N)CCCOc1ccc(Oc2ccc(-c3nccs3)cc2)cc1. The molecule has 0 unspecified atom stereocenters. The summed E-state index contributed by atoms with van der Waals surface area (Å²) < 4.78 is 11.7. The average molecular weight is 394 g/mol. The second-order valence-electron chi connectivity index (χ2n) is 6.35. The molecule has 28 heavy (non-hydrogen) atoms. The topological polar surface area (TPSA) is 58.4 Å². The first kappa shape index (κ1) is 19.9. The predicted molar refractivity (Wildman–Crippen MR) is 112 cm³/mol. The molecule has 0 fully saturated rings. The molecular weight excluding hydrogens is 370 g/mol. The summed E-state index contributed by atoms with van der Waals surface area (Å²) in [7, 11) is 2.02. The Morgan fingerprint density at radius 3 is 2.32 bits per heavy atom. The van der Waals surface area contributed by atoms with Gasteiger partial charge in [-0.25, -0.2) is 4.98 Å². The van der Waals surface area contributed by atoms with E-state index in [1.165, 1.54) is 0 Å². The number of nitriles is 1. The van der Waals surface area contributed by atoms with Crippen LogP contribution in [-0.2, 0) is 0 Å². The second-order valence-corrected chi connectivity index (χ2v) is 7.24. The molecule has 1 heterocycles. The van der Waals surface area contributed by atoms with E-state index in [0.717, 1.165) is 47.3 Å². The van der Waals surface area contributed by atoms with Crippen molar-refractivity contribution in [3.8, 4) is 33.9 Å². The quantitative estimate of drug-likeness (QED) is 0.442. The Kier molecular flexibility index (Phi) is 7.42. The summed E-state index contributed by atoms with van der Waals surface area (Å²) in [5.74, 6) is 2.38. The van der Waals surface area contributed by atoms with Gasteiger partial charge in [0, 0.05) is 36.7 Å². The van der Waals surface area contributed by atoms with Crippen LogP contribution in [0.2, 0.25) is 0 Å². The van der Waals surface area contributed by atoms with Crippen molar-refractivity contribution in [1.29, 1.82) is 5.26 Å². The van der Waals surface area contributed by atoms with Crippen LogP contribution in [0.1, 0.15) is 12.8 Å². The number of rotatable bonds is 10. The van der Waals surface area contributed by atoms with Gasteiger partial charge in [-0.05, 0) is 62.0 Å². The monoisotopic (exact) mass is 393 g/mol. The normalized spacial score (nSPS) is 10.6. The molecule has 0 spiro atoms. The molecule has 144 valence electrons. The summed E-state index contributed by atoms with van der Waals surface area (Å²) in [5, 5.41) is 11.6. The van der Waals surface area contributed by atoms with Crippen LogP contribution in [0.5, 0.6) is 17.2 Å². The number of thiazole rings is 1. The molecule has 0 aliphatic rings. The van der Waals surface area contributed by atoms with Crippen molar-refractivity contribution in [2.45, 2.75) is 12.8 Å². The van der Waals surface area contributed by atoms with E-state index < -0.39 is 0 Å². The van der Waals surface area contributed by atoms with E-state index in [9.17, 15) is 0 Å². The standard InChI is InChI=1S/C22H23N3O2S/c1-25(14-2-12-23)15-3-16-26-19-8-10-21(11-9-19)27-20-6-4-18(5-7-20)22-24-13-17-28-22/h4-11,13,17H,2-3,14-16H2,1H3. The second kappa shape index (κ2) is 10.5. The van der Waals surface area contributed by atoms with Crippen molar-refractivity contribution in [2.75, 3.05) is 26.7 Å². The molecular formula is C22H23N3O2S. The van der Waals surface area contributed by atoms with Gasteiger partial charge in [0.05, 0.1) is 12.7 Å². The fraction of sp³-hybridized carbons (Fsp3) is 0.273. The summed E-state index contributed by atoms with van der Waals surface area (Å²) in [6, 6.07) is 17.7. The van der Waals surface area contributed by atoms with Crippen molar-refractivity contribution in [3.63, 3.8) is 0 Å². The molecule has 0 saturated carbocycles. The van der Waals surface area contributed by atoms with E-state index in [1.807, 2.05) is 61.0 Å². The van der Waals surface area contributed by atoms with Gasteiger partial charge >= 0.3 is 0 Å². The highest BCUT2D eigenvalue weighted by Gasteiger charge is 2.03. The Bertz CT molecular complexity index is 872. The van der Waals surface area contributed by atoms with Crippen LogP contribution in [0.15, 0.2) is 60.1 Å². The number of hydrogen-bond donors (Lipinski definition) is 0. The van der Waals surface area contributed by atoms with Crippen molar-refractivity contribution < 1.29 is 9.47 Å². The maximum Gasteiger partial charge on any atom is 0.127 e. The molecule has 0 aliphatic heterocycles. The molecule has 3 rings (SSSR count). The molecule has 0 aliphatic carbocycles. The fourth-order valence-corrected chi connectivity index (χ4v) is 3.29. The van der Waals surface area contributed by atoms with Crippen LogP contribution < -0.4 is 9.47 Å². The van der Waals surface area contributed by atoms with Gasteiger partial charge < -0.3 is 14.4 Å². The molecule has 0 bridgehead atoms. The minimum Gasteiger partial charge on any atom is -0.494 e. The molecule has 0 saturated heterocycles. The van der Waals surface area contributed by atoms with E-state index in [-0.39, 0.29) is 0 Å². The first-order valence-corrected chi connectivity index (χ1v) is 10.1. The van der Waals surface area contributed by atoms with E-state index in [4.69, 9.17) is 14.7 Å². The van der Waals surface area contributed by atoms with Gasteiger partial charge in [-0.2, -0.15) is 5.26 Å². The van der Waals surface area contributed by atoms with Gasteiger partial charge in [0.15, 0.2) is 0 Å². The fourth-order valence-electron chi connectivity index (χ4n) is 2.65. The highest BCUT2D eigenvalue weighted by atomic mass is 32.1. The molecule has 2 aromatic carbocycles. The van der Waals surface area contributed by atoms with Gasteiger partial charge in [0.25, 0.3) is 0 Å². The summed E-state index contributed by atoms with van der Waals surface area (Å²) in [4.78, 5) is 6.45. The largest absolute Gasteiger partial charge is 0.494 e. The van der Waals surface area contributed by atoms with Crippen molar-refractivity contribution in [2.24, 2.45) is 0 Å². The zero-order valence-electron chi connectivity index (χ0n) is 15.9. The highest BCUT2D eigenvalue weighted by molar-refractivity contribution is 7.13. The number of nitrogens with zero attached hydrogens (tertiary/aromatic N) is 3. The first-order valence-electron chi connectivity index (χ1n) is 9.21. The maximum absolute atomic E-state index is 8.59. The highest BCUT2D eigenvalue weighted by Crippen LogP contribution is 2.27. The Labute approximate surface area is 169 Å². The lowest BCUT2D eigenvalue weighted by atomic mass is 10.2. The van der Waals surface area contributed by atoms with Crippen molar-refractivity contribution in [3.05, 3.63) is 60.1 Å². The maximum atomic E-state index is 8.59. The number of ether oxygens (including phenoxy) is 2. The molecule has 6 heteroatoms. The third-order valence-corrected chi connectivity index (χ3v) is 4.97. The number of hydrogen-bond acceptors (Lipinski definition) is 6. The summed E-state index contributed by atoms with van der Waals surface area (Å²) in [5.41, 5.74) is 1.09. The minimum absolute atomic E-state index is 0.562. The Morgan fingerprint density at radius 2 is 1.68 bits per heavy atom. The Morgan fingerprint density at radius 1 is 1.00 bits per heavy atom. The van der Waals surface area contributed by atoms with Gasteiger partial charge in [-0.1, -0.05) is 0 Å². The molecule has 0 amide bonds. The molecule has 1 aromatic heterocycles. The van der Waals surface area contributed by atoms with Gasteiger partial charge in [-0.3, -0.25) is 0 Å². The van der Waals surface area contributed by atoms with Crippen LogP contribution >= 0.6 is 11.3 Å². The zero-order chi connectivity index (χ0) is 19.6. The van der Waals surface area contributed by atoms with Crippen molar-refractivity contribution in [1.82, 2.24) is 9.88 Å². The zero-order valence-corrected chi connectivity index (χ0v) is 16.7. The lowest BCUT2D eigenvalue weighted by molar-refractivity contribution is 0.265. The Balaban J connectivity index is 1.43. The lowest BCUT2D eigenvalue weighted by Crippen LogP contribution is -2.22. The van der Waals surface area contributed by atoms with Crippen LogP contribution in [0.4, 0.5) is 0 Å². The van der Waals surface area contributed by atoms with E-state index in [2.05, 4.69) is 16.0 Å². The van der Waals surface area contributed by atoms with Crippen LogP contribution in [-0.4, -0.2) is 36.6 Å². The van der Waals surface area contributed by atoms with Crippen LogP contribution in [0, 0.1) is 11.3 Å². The third-order valence-electron chi connectivity index (χ3n) is 4.15. The van der Waals surface area contributed by atoms with E-state index in [0.29, 0.717) is 13.0 Å². The molecule has 5 nitrogen and oxygen atoms in total. The first-order chi connectivity index (χ1) is 13.7. The van der Waals surface area contributed by atoms with Crippen LogP contribution in [0.25, 0.3) is 10.6 Å². The van der Waals surface area contributed by atoms with E-state index in [1.54, 1.807) is 17.5 Å².